The number of hydrogen-bond acceptors (Lipinski definition) is 5. The van der Waals surface area contributed by atoms with Crippen LogP contribution in [0, 0.1) is 0 Å². The molecular formula is C21H20F3N5O. The van der Waals surface area contributed by atoms with Crippen LogP contribution in [0.3, 0.4) is 0 Å². The summed E-state index contributed by atoms with van der Waals surface area (Å²) < 4.78 is 41.1. The van der Waals surface area contributed by atoms with Gasteiger partial charge in [-0.25, -0.2) is 15.0 Å². The molecule has 3 heterocycles. The lowest BCUT2D eigenvalue weighted by Gasteiger charge is -2.25. The minimum absolute atomic E-state index is 0.0981. The van der Waals surface area contributed by atoms with Crippen LogP contribution in [0.5, 0.6) is 0 Å². The van der Waals surface area contributed by atoms with Crippen molar-refractivity contribution in [2.75, 3.05) is 12.3 Å². The summed E-state index contributed by atoms with van der Waals surface area (Å²) in [5.74, 6) is -0.368. The van der Waals surface area contributed by atoms with Crippen LogP contribution in [0.2, 0.25) is 0 Å². The van der Waals surface area contributed by atoms with Crippen LogP contribution in [0.4, 0.5) is 19.0 Å². The molecule has 156 valence electrons. The topological polar surface area (TPSA) is 85.0 Å². The number of carbonyl (C=O) groups is 1. The highest BCUT2D eigenvalue weighted by atomic mass is 19.4. The average molecular weight is 415 g/mol. The monoisotopic (exact) mass is 415 g/mol. The predicted octanol–water partition coefficient (Wildman–Crippen LogP) is 3.92. The number of fused-ring (bicyclic) bond motifs is 1. The SMILES string of the molecule is Nc1ncnc2nc(C3CCCN3C(=O)CCc3ccccc3)cc(C(F)(F)F)c12. The molecule has 0 spiro atoms. The van der Waals surface area contributed by atoms with Crippen LogP contribution in [-0.4, -0.2) is 32.3 Å². The molecule has 2 aromatic heterocycles. The number of hydrogen-bond donors (Lipinski definition) is 1. The highest BCUT2D eigenvalue weighted by Gasteiger charge is 2.37. The third kappa shape index (κ3) is 3.92. The standard InChI is InChI=1S/C21H20F3N5O/c22-21(23,24)14-11-15(28-20-18(14)19(25)26-12-27-20)16-7-4-10-29(16)17(30)9-8-13-5-2-1-3-6-13/h1-3,5-6,11-12,16H,4,7-10H2,(H2,25,26,27,28). The Labute approximate surface area is 171 Å². The lowest BCUT2D eigenvalue weighted by Crippen LogP contribution is -2.31. The Morgan fingerprint density at radius 2 is 1.97 bits per heavy atom. The van der Waals surface area contributed by atoms with Crippen LogP contribution < -0.4 is 5.73 Å². The van der Waals surface area contributed by atoms with Crippen molar-refractivity contribution in [1.82, 2.24) is 19.9 Å². The summed E-state index contributed by atoms with van der Waals surface area (Å²) in [7, 11) is 0. The minimum atomic E-state index is -4.64. The number of rotatable bonds is 4. The van der Waals surface area contributed by atoms with Crippen LogP contribution in [-0.2, 0) is 17.4 Å². The fraction of sp³-hybridized carbons (Fsp3) is 0.333. The van der Waals surface area contributed by atoms with Crippen molar-refractivity contribution >= 4 is 22.8 Å². The lowest BCUT2D eigenvalue weighted by molar-refractivity contribution is -0.136. The van der Waals surface area contributed by atoms with Gasteiger partial charge >= 0.3 is 6.18 Å². The van der Waals surface area contributed by atoms with E-state index in [1.165, 1.54) is 0 Å². The molecule has 3 aromatic rings. The van der Waals surface area contributed by atoms with Gasteiger partial charge in [0, 0.05) is 13.0 Å². The van der Waals surface area contributed by atoms with E-state index in [2.05, 4.69) is 15.0 Å². The zero-order valence-electron chi connectivity index (χ0n) is 16.1. The Balaban J connectivity index is 1.64. The molecule has 1 aliphatic rings. The molecule has 1 aliphatic heterocycles. The summed E-state index contributed by atoms with van der Waals surface area (Å²) in [6.07, 6.45) is -1.44. The van der Waals surface area contributed by atoms with E-state index in [1.54, 1.807) is 4.90 Å². The third-order valence-corrected chi connectivity index (χ3v) is 5.34. The molecule has 0 aliphatic carbocycles. The van der Waals surface area contributed by atoms with Crippen molar-refractivity contribution in [1.29, 1.82) is 0 Å². The number of aromatic nitrogens is 3. The Hall–Kier alpha value is -3.23. The van der Waals surface area contributed by atoms with Crippen molar-refractivity contribution < 1.29 is 18.0 Å². The van der Waals surface area contributed by atoms with Gasteiger partial charge in [0.2, 0.25) is 5.91 Å². The number of alkyl halides is 3. The molecule has 2 N–H and O–H groups in total. The van der Waals surface area contributed by atoms with Gasteiger partial charge in [0.25, 0.3) is 0 Å². The van der Waals surface area contributed by atoms with E-state index in [9.17, 15) is 18.0 Å². The van der Waals surface area contributed by atoms with Gasteiger partial charge in [0.15, 0.2) is 5.65 Å². The van der Waals surface area contributed by atoms with E-state index < -0.39 is 17.8 Å². The van der Waals surface area contributed by atoms with Crippen LogP contribution >= 0.6 is 0 Å². The number of pyridine rings is 1. The number of aryl methyl sites for hydroxylation is 1. The van der Waals surface area contributed by atoms with Gasteiger partial charge in [-0.3, -0.25) is 4.79 Å². The van der Waals surface area contributed by atoms with Gasteiger partial charge in [-0.1, -0.05) is 30.3 Å². The predicted molar refractivity (Wildman–Crippen MR) is 105 cm³/mol. The highest BCUT2D eigenvalue weighted by molar-refractivity contribution is 5.89. The van der Waals surface area contributed by atoms with Crippen LogP contribution in [0.25, 0.3) is 11.0 Å². The molecule has 6 nitrogen and oxygen atoms in total. The van der Waals surface area contributed by atoms with E-state index in [-0.39, 0.29) is 34.9 Å². The summed E-state index contributed by atoms with van der Waals surface area (Å²) in [5.41, 5.74) is 5.85. The molecule has 1 amide bonds. The molecule has 1 fully saturated rings. The first kappa shape index (κ1) is 20.1. The average Bonchev–Trinajstić information content (AvgIpc) is 3.21. The molecule has 1 atom stereocenters. The second-order valence-corrected chi connectivity index (χ2v) is 7.28. The number of anilines is 1. The zero-order chi connectivity index (χ0) is 21.3. The van der Waals surface area contributed by atoms with Crippen molar-refractivity contribution in [2.24, 2.45) is 0 Å². The zero-order valence-corrected chi connectivity index (χ0v) is 16.1. The summed E-state index contributed by atoms with van der Waals surface area (Å²) in [4.78, 5) is 26.3. The number of halogens is 3. The van der Waals surface area contributed by atoms with Crippen LogP contribution in [0.15, 0.2) is 42.7 Å². The van der Waals surface area contributed by atoms with E-state index in [0.717, 1.165) is 18.0 Å². The molecule has 1 unspecified atom stereocenters. The van der Waals surface area contributed by atoms with Gasteiger partial charge in [0.1, 0.15) is 12.1 Å². The Kier molecular flexibility index (Phi) is 5.27. The lowest BCUT2D eigenvalue weighted by atomic mass is 10.0. The second kappa shape index (κ2) is 7.89. The summed E-state index contributed by atoms with van der Waals surface area (Å²) in [5, 5.41) is -0.311. The quantitative estimate of drug-likeness (QED) is 0.698. The minimum Gasteiger partial charge on any atom is -0.383 e. The fourth-order valence-electron chi connectivity index (χ4n) is 3.91. The number of nitrogens with zero attached hydrogens (tertiary/aromatic N) is 4. The maximum atomic E-state index is 13.7. The molecule has 9 heteroatoms. The number of likely N-dealkylation sites (tertiary alicyclic amines) is 1. The Morgan fingerprint density at radius 3 is 2.70 bits per heavy atom. The fourth-order valence-corrected chi connectivity index (χ4v) is 3.91. The first-order valence-corrected chi connectivity index (χ1v) is 9.66. The number of carbonyl (C=O) groups excluding carboxylic acids is 1. The first-order valence-electron chi connectivity index (χ1n) is 9.66. The second-order valence-electron chi connectivity index (χ2n) is 7.28. The number of nitrogens with two attached hydrogens (primary N) is 1. The van der Waals surface area contributed by atoms with Crippen molar-refractivity contribution in [3.05, 3.63) is 59.5 Å². The Bertz CT molecular complexity index is 1070. The molecular weight excluding hydrogens is 395 g/mol. The van der Waals surface area contributed by atoms with Gasteiger partial charge in [-0.05, 0) is 30.9 Å². The summed E-state index contributed by atoms with van der Waals surface area (Å²) in [6.45, 7) is 0.491. The molecule has 0 radical (unpaired) electrons. The maximum absolute atomic E-state index is 13.7. The van der Waals surface area contributed by atoms with Crippen LogP contribution in [0.1, 0.15) is 42.1 Å². The number of nitrogen functional groups attached to an aromatic ring is 1. The van der Waals surface area contributed by atoms with Crippen molar-refractivity contribution in [2.45, 2.75) is 37.9 Å². The van der Waals surface area contributed by atoms with E-state index in [1.807, 2.05) is 30.3 Å². The summed E-state index contributed by atoms with van der Waals surface area (Å²) >= 11 is 0. The molecule has 4 rings (SSSR count). The molecule has 0 bridgehead atoms. The van der Waals surface area contributed by atoms with Gasteiger partial charge in [-0.15, -0.1) is 0 Å². The van der Waals surface area contributed by atoms with E-state index >= 15 is 0 Å². The largest absolute Gasteiger partial charge is 0.417 e. The molecule has 1 aromatic carbocycles. The van der Waals surface area contributed by atoms with Crippen molar-refractivity contribution in [3.63, 3.8) is 0 Å². The van der Waals surface area contributed by atoms with Gasteiger partial charge in [0.05, 0.1) is 22.7 Å². The van der Waals surface area contributed by atoms with E-state index in [4.69, 9.17) is 5.73 Å². The first-order chi connectivity index (χ1) is 14.3. The highest BCUT2D eigenvalue weighted by Crippen LogP contribution is 2.39. The summed E-state index contributed by atoms with van der Waals surface area (Å²) in [6, 6.07) is 10.1. The smallest absolute Gasteiger partial charge is 0.383 e. The third-order valence-electron chi connectivity index (χ3n) is 5.34. The normalized spacial score (nSPS) is 16.9. The number of amides is 1. The van der Waals surface area contributed by atoms with Gasteiger partial charge < -0.3 is 10.6 Å². The molecule has 30 heavy (non-hydrogen) atoms. The van der Waals surface area contributed by atoms with E-state index in [0.29, 0.717) is 25.8 Å². The maximum Gasteiger partial charge on any atom is 0.417 e. The molecule has 0 saturated carbocycles. The Morgan fingerprint density at radius 1 is 1.20 bits per heavy atom. The molecule has 1 saturated heterocycles. The van der Waals surface area contributed by atoms with Gasteiger partial charge in [-0.2, -0.15) is 13.2 Å². The number of benzene rings is 1. The van der Waals surface area contributed by atoms with Crippen molar-refractivity contribution in [3.8, 4) is 0 Å².